The van der Waals surface area contributed by atoms with Crippen LogP contribution in [0.15, 0.2) is 18.2 Å². The van der Waals surface area contributed by atoms with Crippen molar-refractivity contribution in [1.29, 1.82) is 0 Å². The number of Topliss-reactive ketones (excluding diaryl/α,β-unsaturated/α-hetero) is 1. The van der Waals surface area contributed by atoms with Crippen LogP contribution in [-0.4, -0.2) is 5.78 Å². The summed E-state index contributed by atoms with van der Waals surface area (Å²) >= 11 is 0. The van der Waals surface area contributed by atoms with Crippen LogP contribution in [0, 0.1) is 0 Å². The molecule has 0 N–H and O–H groups in total. The number of rotatable bonds is 0. The average Bonchev–Trinajstić information content (AvgIpc) is 2.33. The van der Waals surface area contributed by atoms with E-state index in [4.69, 9.17) is 0 Å². The Labute approximate surface area is 68.0 Å². The van der Waals surface area contributed by atoms with E-state index in [2.05, 4.69) is 9.24 Å². The monoisotopic (exact) mass is 164 g/mol. The molecular weight excluding hydrogens is 155 g/mol. The molecule has 1 aromatic carbocycles. The highest BCUT2D eigenvalue weighted by molar-refractivity contribution is 7.27. The lowest BCUT2D eigenvalue weighted by molar-refractivity contribution is 0.0994. The minimum Gasteiger partial charge on any atom is -0.294 e. The molecule has 0 spiro atoms. The maximum absolute atomic E-state index is 11.2. The first-order valence-corrected chi connectivity index (χ1v) is 4.27. The minimum absolute atomic E-state index is 0.296. The highest BCUT2D eigenvalue weighted by atomic mass is 31.0. The fourth-order valence-corrected chi connectivity index (χ4v) is 1.72. The molecule has 0 aromatic heterocycles. The molecule has 1 aliphatic rings. The van der Waals surface area contributed by atoms with Crippen molar-refractivity contribution < 1.29 is 4.79 Å². The third kappa shape index (κ3) is 1.10. The van der Waals surface area contributed by atoms with Gasteiger partial charge in [0.05, 0.1) is 0 Å². The number of hydrogen-bond donors (Lipinski definition) is 0. The summed E-state index contributed by atoms with van der Waals surface area (Å²) in [5.41, 5.74) is 2.14. The molecule has 0 heterocycles. The van der Waals surface area contributed by atoms with Crippen LogP contribution in [-0.2, 0) is 6.42 Å². The second-order valence-corrected chi connectivity index (χ2v) is 3.51. The molecule has 1 unspecified atom stereocenters. The van der Waals surface area contributed by atoms with Gasteiger partial charge in [-0.25, -0.2) is 0 Å². The average molecular weight is 164 g/mol. The molecule has 0 radical (unpaired) electrons. The van der Waals surface area contributed by atoms with Crippen molar-refractivity contribution in [2.75, 3.05) is 0 Å². The van der Waals surface area contributed by atoms with E-state index in [1.54, 1.807) is 0 Å². The SMILES string of the molecule is O=C1CCc2ccc(P)cc21. The summed E-state index contributed by atoms with van der Waals surface area (Å²) in [7, 11) is 2.61. The third-order valence-electron chi connectivity index (χ3n) is 2.06. The van der Waals surface area contributed by atoms with Gasteiger partial charge < -0.3 is 0 Å². The zero-order valence-electron chi connectivity index (χ0n) is 6.13. The van der Waals surface area contributed by atoms with Gasteiger partial charge in [0.1, 0.15) is 0 Å². The zero-order chi connectivity index (χ0) is 7.84. The van der Waals surface area contributed by atoms with Gasteiger partial charge >= 0.3 is 0 Å². The summed E-state index contributed by atoms with van der Waals surface area (Å²) in [4.78, 5) is 11.2. The van der Waals surface area contributed by atoms with Gasteiger partial charge in [-0.15, -0.1) is 9.24 Å². The molecule has 0 bridgehead atoms. The van der Waals surface area contributed by atoms with Gasteiger partial charge in [-0.1, -0.05) is 12.1 Å². The Morgan fingerprint density at radius 2 is 2.09 bits per heavy atom. The Bertz CT molecular complexity index is 317. The van der Waals surface area contributed by atoms with Crippen LogP contribution in [0.1, 0.15) is 22.3 Å². The first-order valence-electron chi connectivity index (χ1n) is 3.69. The maximum Gasteiger partial charge on any atom is 0.163 e. The van der Waals surface area contributed by atoms with Crippen molar-refractivity contribution in [3.63, 3.8) is 0 Å². The molecule has 1 nitrogen and oxygen atoms in total. The van der Waals surface area contributed by atoms with Crippen LogP contribution in [0.5, 0.6) is 0 Å². The van der Waals surface area contributed by atoms with Crippen molar-refractivity contribution >= 4 is 20.3 Å². The molecule has 0 amide bonds. The van der Waals surface area contributed by atoms with Gasteiger partial charge in [-0.2, -0.15) is 0 Å². The highest BCUT2D eigenvalue weighted by Gasteiger charge is 2.18. The van der Waals surface area contributed by atoms with E-state index in [-0.39, 0.29) is 0 Å². The molecule has 0 aliphatic heterocycles. The van der Waals surface area contributed by atoms with Gasteiger partial charge in [0.15, 0.2) is 5.78 Å². The quantitative estimate of drug-likeness (QED) is 0.528. The van der Waals surface area contributed by atoms with Crippen molar-refractivity contribution in [2.45, 2.75) is 12.8 Å². The first-order chi connectivity index (χ1) is 5.27. The van der Waals surface area contributed by atoms with Crippen molar-refractivity contribution in [1.82, 2.24) is 0 Å². The van der Waals surface area contributed by atoms with E-state index in [0.717, 1.165) is 17.3 Å². The lowest BCUT2D eigenvalue weighted by Crippen LogP contribution is -1.97. The molecule has 2 rings (SSSR count). The van der Waals surface area contributed by atoms with Crippen LogP contribution in [0.4, 0.5) is 0 Å². The fraction of sp³-hybridized carbons (Fsp3) is 0.222. The summed E-state index contributed by atoms with van der Waals surface area (Å²) in [6.07, 6.45) is 1.63. The fourth-order valence-electron chi connectivity index (χ4n) is 1.45. The smallest absolute Gasteiger partial charge is 0.163 e. The Balaban J connectivity index is 2.60. The van der Waals surface area contributed by atoms with Gasteiger partial charge in [0, 0.05) is 12.0 Å². The Morgan fingerprint density at radius 3 is 2.91 bits per heavy atom. The topological polar surface area (TPSA) is 17.1 Å². The second kappa shape index (κ2) is 2.42. The number of benzene rings is 1. The van der Waals surface area contributed by atoms with Crippen LogP contribution in [0.2, 0.25) is 0 Å². The lowest BCUT2D eigenvalue weighted by Gasteiger charge is -1.97. The predicted octanol–water partition coefficient (Wildman–Crippen LogP) is 1.32. The molecule has 0 fully saturated rings. The van der Waals surface area contributed by atoms with Gasteiger partial charge in [-0.3, -0.25) is 4.79 Å². The molecule has 1 atom stereocenters. The predicted molar refractivity (Wildman–Crippen MR) is 48.4 cm³/mol. The summed E-state index contributed by atoms with van der Waals surface area (Å²) < 4.78 is 0. The maximum atomic E-state index is 11.2. The molecule has 11 heavy (non-hydrogen) atoms. The van der Waals surface area contributed by atoms with Gasteiger partial charge in [0.2, 0.25) is 0 Å². The molecular formula is C9H9OP. The van der Waals surface area contributed by atoms with E-state index < -0.39 is 0 Å². The Morgan fingerprint density at radius 1 is 1.27 bits per heavy atom. The van der Waals surface area contributed by atoms with E-state index in [1.165, 1.54) is 5.56 Å². The molecule has 1 aliphatic carbocycles. The number of carbonyl (C=O) groups is 1. The molecule has 0 saturated carbocycles. The van der Waals surface area contributed by atoms with Crippen LogP contribution < -0.4 is 5.30 Å². The molecule has 0 saturated heterocycles. The minimum atomic E-state index is 0.296. The van der Waals surface area contributed by atoms with E-state index >= 15 is 0 Å². The zero-order valence-corrected chi connectivity index (χ0v) is 7.29. The Hall–Kier alpha value is -0.680. The van der Waals surface area contributed by atoms with Gasteiger partial charge in [-0.05, 0) is 23.4 Å². The van der Waals surface area contributed by atoms with E-state index in [1.807, 2.05) is 18.2 Å². The third-order valence-corrected chi connectivity index (χ3v) is 2.41. The molecule has 56 valence electrons. The standard InChI is InChI=1S/C9H9OP/c10-9-4-2-6-1-3-7(11)5-8(6)9/h1,3,5H,2,4,11H2. The summed E-state index contributed by atoms with van der Waals surface area (Å²) in [6, 6.07) is 6.03. The van der Waals surface area contributed by atoms with Crippen LogP contribution >= 0.6 is 9.24 Å². The number of aryl methyl sites for hydroxylation is 1. The molecule has 1 aromatic rings. The number of fused-ring (bicyclic) bond motifs is 1. The van der Waals surface area contributed by atoms with Crippen molar-refractivity contribution in [2.24, 2.45) is 0 Å². The molecule has 2 heteroatoms. The van der Waals surface area contributed by atoms with Crippen molar-refractivity contribution in [3.05, 3.63) is 29.3 Å². The number of hydrogen-bond acceptors (Lipinski definition) is 1. The van der Waals surface area contributed by atoms with Crippen LogP contribution in [0.25, 0.3) is 0 Å². The first kappa shape index (κ1) is 7.00. The largest absolute Gasteiger partial charge is 0.294 e. The highest BCUT2D eigenvalue weighted by Crippen LogP contribution is 2.20. The van der Waals surface area contributed by atoms with Crippen molar-refractivity contribution in [3.8, 4) is 0 Å². The summed E-state index contributed by atoms with van der Waals surface area (Å²) in [5, 5.41) is 1.10. The van der Waals surface area contributed by atoms with E-state index in [0.29, 0.717) is 12.2 Å². The number of ketones is 1. The summed E-state index contributed by atoms with van der Waals surface area (Å²) in [6.45, 7) is 0. The second-order valence-electron chi connectivity index (χ2n) is 2.84. The lowest BCUT2D eigenvalue weighted by atomic mass is 10.1. The summed E-state index contributed by atoms with van der Waals surface area (Å²) in [5.74, 6) is 0.296. The number of carbonyl (C=O) groups excluding carboxylic acids is 1. The van der Waals surface area contributed by atoms with Crippen LogP contribution in [0.3, 0.4) is 0 Å². The normalized spacial score (nSPS) is 15.2. The Kier molecular flexibility index (Phi) is 1.54. The van der Waals surface area contributed by atoms with Gasteiger partial charge in [0.25, 0.3) is 0 Å². The van der Waals surface area contributed by atoms with E-state index in [9.17, 15) is 4.79 Å².